The van der Waals surface area contributed by atoms with Gasteiger partial charge < -0.3 is 9.84 Å². The third kappa shape index (κ3) is 2.55. The summed E-state index contributed by atoms with van der Waals surface area (Å²) in [6.45, 7) is -0.0520. The van der Waals surface area contributed by atoms with E-state index in [1.807, 2.05) is 54.6 Å². The van der Waals surface area contributed by atoms with Crippen LogP contribution in [0.15, 0.2) is 59.6 Å². The van der Waals surface area contributed by atoms with Crippen molar-refractivity contribution in [3.63, 3.8) is 0 Å². The Balaban J connectivity index is 1.87. The highest BCUT2D eigenvalue weighted by molar-refractivity contribution is 6.30. The average Bonchev–Trinajstić information content (AvgIpc) is 2.93. The lowest BCUT2D eigenvalue weighted by Crippen LogP contribution is -2.17. The number of aliphatic imine (C=N–C) groups is 1. The Labute approximate surface area is 122 Å². The van der Waals surface area contributed by atoms with E-state index in [1.54, 1.807) is 0 Å². The molecule has 2 aromatic carbocycles. The Kier molecular flexibility index (Phi) is 3.72. The zero-order valence-corrected chi connectivity index (χ0v) is 11.5. The van der Waals surface area contributed by atoms with Gasteiger partial charge in [0, 0.05) is 10.6 Å². The Morgan fingerprint density at radius 2 is 1.75 bits per heavy atom. The molecule has 2 aromatic rings. The average molecular weight is 288 g/mol. The third-order valence-corrected chi connectivity index (χ3v) is 3.53. The number of rotatable bonds is 3. The summed E-state index contributed by atoms with van der Waals surface area (Å²) in [6.07, 6.45) is -0.271. The number of nitrogens with zero attached hydrogens (tertiary/aromatic N) is 1. The topological polar surface area (TPSA) is 41.8 Å². The van der Waals surface area contributed by atoms with Gasteiger partial charge in [-0.05, 0) is 29.8 Å². The van der Waals surface area contributed by atoms with Crippen molar-refractivity contribution in [1.82, 2.24) is 0 Å². The number of hydrogen-bond donors (Lipinski definition) is 1. The lowest BCUT2D eigenvalue weighted by molar-refractivity contribution is 0.152. The Morgan fingerprint density at radius 3 is 2.40 bits per heavy atom. The van der Waals surface area contributed by atoms with Crippen LogP contribution in [0.5, 0.6) is 0 Å². The van der Waals surface area contributed by atoms with Crippen molar-refractivity contribution >= 4 is 17.5 Å². The number of ether oxygens (including phenoxy) is 1. The Morgan fingerprint density at radius 1 is 1.05 bits per heavy atom. The van der Waals surface area contributed by atoms with Gasteiger partial charge in [0.2, 0.25) is 5.90 Å². The molecule has 0 aromatic heterocycles. The van der Waals surface area contributed by atoms with E-state index >= 15 is 0 Å². The minimum Gasteiger partial charge on any atom is -0.467 e. The highest BCUT2D eigenvalue weighted by Crippen LogP contribution is 2.31. The van der Waals surface area contributed by atoms with Crippen molar-refractivity contribution in [1.29, 1.82) is 0 Å². The predicted octanol–water partition coefficient (Wildman–Crippen LogP) is 3.22. The normalized spacial score (nSPS) is 21.4. The first-order valence-corrected chi connectivity index (χ1v) is 6.82. The molecule has 1 aliphatic heterocycles. The van der Waals surface area contributed by atoms with E-state index in [2.05, 4.69) is 4.99 Å². The van der Waals surface area contributed by atoms with Crippen LogP contribution >= 0.6 is 11.6 Å². The molecular formula is C16H14ClNO2. The van der Waals surface area contributed by atoms with Gasteiger partial charge in [-0.3, -0.25) is 0 Å². The van der Waals surface area contributed by atoms with Crippen molar-refractivity contribution in [3.8, 4) is 0 Å². The molecule has 3 rings (SSSR count). The van der Waals surface area contributed by atoms with Crippen molar-refractivity contribution < 1.29 is 9.84 Å². The summed E-state index contributed by atoms with van der Waals surface area (Å²) in [6, 6.07) is 16.8. The van der Waals surface area contributed by atoms with Gasteiger partial charge in [0.05, 0.1) is 6.61 Å². The summed E-state index contributed by atoms with van der Waals surface area (Å²) in [7, 11) is 0. The molecule has 0 aliphatic carbocycles. The summed E-state index contributed by atoms with van der Waals surface area (Å²) in [5.74, 6) is 0.574. The molecule has 0 unspecified atom stereocenters. The Bertz CT molecular complexity index is 610. The van der Waals surface area contributed by atoms with Gasteiger partial charge in [0.1, 0.15) is 6.04 Å². The van der Waals surface area contributed by atoms with Gasteiger partial charge in [-0.25, -0.2) is 4.99 Å². The summed E-state index contributed by atoms with van der Waals surface area (Å²) < 4.78 is 5.92. The lowest BCUT2D eigenvalue weighted by atomic mass is 10.0. The van der Waals surface area contributed by atoms with E-state index < -0.39 is 0 Å². The molecule has 102 valence electrons. The van der Waals surface area contributed by atoms with Gasteiger partial charge in [0.25, 0.3) is 0 Å². The van der Waals surface area contributed by atoms with E-state index in [1.165, 1.54) is 0 Å². The van der Waals surface area contributed by atoms with E-state index in [0.717, 1.165) is 11.1 Å². The molecule has 0 fully saturated rings. The summed E-state index contributed by atoms with van der Waals surface area (Å²) >= 11 is 5.89. The van der Waals surface area contributed by atoms with E-state index in [4.69, 9.17) is 16.3 Å². The third-order valence-electron chi connectivity index (χ3n) is 3.28. The summed E-state index contributed by atoms with van der Waals surface area (Å²) in [5.41, 5.74) is 1.88. The van der Waals surface area contributed by atoms with Gasteiger partial charge in [-0.1, -0.05) is 41.9 Å². The minimum absolute atomic E-state index is 0.0520. The molecule has 0 saturated heterocycles. The maximum atomic E-state index is 9.50. The molecule has 1 heterocycles. The number of aliphatic hydroxyl groups is 1. The smallest absolute Gasteiger partial charge is 0.217 e. The fraction of sp³-hybridized carbons (Fsp3) is 0.188. The fourth-order valence-electron chi connectivity index (χ4n) is 2.25. The largest absolute Gasteiger partial charge is 0.467 e. The number of hydrogen-bond acceptors (Lipinski definition) is 3. The lowest BCUT2D eigenvalue weighted by Gasteiger charge is -2.16. The van der Waals surface area contributed by atoms with Crippen molar-refractivity contribution in [2.45, 2.75) is 12.1 Å². The van der Waals surface area contributed by atoms with Crippen molar-refractivity contribution in [3.05, 3.63) is 70.7 Å². The molecule has 0 radical (unpaired) electrons. The molecule has 0 saturated carbocycles. The monoisotopic (exact) mass is 287 g/mol. The molecule has 0 spiro atoms. The first-order chi connectivity index (χ1) is 9.78. The van der Waals surface area contributed by atoms with Crippen LogP contribution in [0.4, 0.5) is 0 Å². The first-order valence-electron chi connectivity index (χ1n) is 6.44. The van der Waals surface area contributed by atoms with Gasteiger partial charge in [-0.2, -0.15) is 0 Å². The quantitative estimate of drug-likeness (QED) is 0.942. The zero-order chi connectivity index (χ0) is 13.9. The van der Waals surface area contributed by atoms with Gasteiger partial charge in [0.15, 0.2) is 6.10 Å². The van der Waals surface area contributed by atoms with Crippen LogP contribution < -0.4 is 0 Å². The first kappa shape index (κ1) is 13.2. The van der Waals surface area contributed by atoms with E-state index in [0.29, 0.717) is 10.9 Å². The minimum atomic E-state index is -0.286. The van der Waals surface area contributed by atoms with Crippen LogP contribution in [-0.2, 0) is 4.74 Å². The highest BCUT2D eigenvalue weighted by atomic mass is 35.5. The molecule has 3 nitrogen and oxygen atoms in total. The zero-order valence-electron chi connectivity index (χ0n) is 10.7. The molecule has 1 N–H and O–H groups in total. The predicted molar refractivity (Wildman–Crippen MR) is 79.1 cm³/mol. The van der Waals surface area contributed by atoms with Crippen LogP contribution in [0.1, 0.15) is 17.2 Å². The molecule has 4 heteroatoms. The summed E-state index contributed by atoms with van der Waals surface area (Å²) in [4.78, 5) is 4.47. The molecule has 1 aliphatic rings. The Hall–Kier alpha value is -1.84. The van der Waals surface area contributed by atoms with E-state index in [-0.39, 0.29) is 18.8 Å². The van der Waals surface area contributed by atoms with Crippen LogP contribution in [0.3, 0.4) is 0 Å². The standard InChI is InChI=1S/C16H14ClNO2/c17-13-8-6-11(7-9-13)15-14(10-19)18-16(20-15)12-4-2-1-3-5-12/h1-9,14-15,19H,10H2/t14-,15-/m1/s1. The van der Waals surface area contributed by atoms with Gasteiger partial charge in [-0.15, -0.1) is 0 Å². The molecule has 20 heavy (non-hydrogen) atoms. The summed E-state index contributed by atoms with van der Waals surface area (Å²) in [5, 5.41) is 10.2. The maximum absolute atomic E-state index is 9.50. The van der Waals surface area contributed by atoms with Crippen LogP contribution in [-0.4, -0.2) is 23.7 Å². The van der Waals surface area contributed by atoms with Crippen molar-refractivity contribution in [2.75, 3.05) is 6.61 Å². The number of halogens is 1. The molecule has 0 amide bonds. The second-order valence-corrected chi connectivity index (χ2v) is 5.08. The SMILES string of the molecule is OC[C@H]1N=C(c2ccccc2)O[C@@H]1c1ccc(Cl)cc1. The maximum Gasteiger partial charge on any atom is 0.217 e. The van der Waals surface area contributed by atoms with Crippen LogP contribution in [0.2, 0.25) is 5.02 Å². The second kappa shape index (κ2) is 5.65. The fourth-order valence-corrected chi connectivity index (χ4v) is 2.38. The number of benzene rings is 2. The van der Waals surface area contributed by atoms with Gasteiger partial charge >= 0.3 is 0 Å². The molecular weight excluding hydrogens is 274 g/mol. The molecule has 2 atom stereocenters. The highest BCUT2D eigenvalue weighted by Gasteiger charge is 2.32. The second-order valence-electron chi connectivity index (χ2n) is 4.64. The molecule has 0 bridgehead atoms. The van der Waals surface area contributed by atoms with Crippen LogP contribution in [0, 0.1) is 0 Å². The van der Waals surface area contributed by atoms with E-state index in [9.17, 15) is 5.11 Å². The van der Waals surface area contributed by atoms with Crippen LogP contribution in [0.25, 0.3) is 0 Å². The number of aliphatic hydroxyl groups excluding tert-OH is 1. The van der Waals surface area contributed by atoms with Crippen molar-refractivity contribution in [2.24, 2.45) is 4.99 Å².